The molecule has 0 radical (unpaired) electrons. The minimum atomic E-state index is -0.348. The summed E-state index contributed by atoms with van der Waals surface area (Å²) < 4.78 is 0. The second kappa shape index (κ2) is 8.08. The van der Waals surface area contributed by atoms with Gasteiger partial charge in [0.05, 0.1) is 6.54 Å². The first-order valence-corrected chi connectivity index (χ1v) is 6.89. The normalized spacial score (nSPS) is 18.9. The lowest BCUT2D eigenvalue weighted by molar-refractivity contribution is -0.122. The summed E-state index contributed by atoms with van der Waals surface area (Å²) in [4.78, 5) is 22.4. The molecule has 1 atom stereocenters. The molecule has 1 fully saturated rings. The van der Waals surface area contributed by atoms with Crippen molar-refractivity contribution in [2.45, 2.75) is 64.0 Å². The molecule has 0 spiro atoms. The lowest BCUT2D eigenvalue weighted by Gasteiger charge is -2.17. The maximum Gasteiger partial charge on any atom is 0.234 e. The molecule has 0 aromatic carbocycles. The predicted molar refractivity (Wildman–Crippen MR) is 70.9 cm³/mol. The zero-order valence-corrected chi connectivity index (χ0v) is 11.2. The Morgan fingerprint density at radius 2 is 1.83 bits per heavy atom. The number of nitrogens with one attached hydrogen (secondary N) is 2. The maximum absolute atomic E-state index is 11.7. The van der Waals surface area contributed by atoms with Crippen molar-refractivity contribution in [3.8, 4) is 0 Å². The molecule has 1 unspecified atom stereocenters. The fourth-order valence-electron chi connectivity index (χ4n) is 2.34. The van der Waals surface area contributed by atoms with E-state index in [1.54, 1.807) is 0 Å². The highest BCUT2D eigenvalue weighted by Crippen LogP contribution is 2.16. The average Bonchev–Trinajstić information content (AvgIpc) is 2.54. The molecule has 0 aromatic heterocycles. The van der Waals surface area contributed by atoms with Crippen molar-refractivity contribution in [2.75, 3.05) is 6.54 Å². The van der Waals surface area contributed by atoms with Gasteiger partial charge in [-0.05, 0) is 19.8 Å². The molecule has 2 amide bonds. The summed E-state index contributed by atoms with van der Waals surface area (Å²) in [6.07, 6.45) is 7.40. The summed E-state index contributed by atoms with van der Waals surface area (Å²) in [5.41, 5.74) is 5.09. The summed E-state index contributed by atoms with van der Waals surface area (Å²) in [5.74, 6) is -0.336. The topological polar surface area (TPSA) is 84.2 Å². The molecule has 0 bridgehead atoms. The van der Waals surface area contributed by atoms with Crippen LogP contribution in [0.3, 0.4) is 0 Å². The van der Waals surface area contributed by atoms with Gasteiger partial charge < -0.3 is 16.4 Å². The van der Waals surface area contributed by atoms with E-state index in [-0.39, 0.29) is 30.8 Å². The summed E-state index contributed by atoms with van der Waals surface area (Å²) >= 11 is 0. The van der Waals surface area contributed by atoms with Gasteiger partial charge in [-0.1, -0.05) is 25.7 Å². The smallest absolute Gasteiger partial charge is 0.234 e. The Morgan fingerprint density at radius 3 is 2.39 bits per heavy atom. The van der Waals surface area contributed by atoms with Gasteiger partial charge in [0, 0.05) is 18.5 Å². The van der Waals surface area contributed by atoms with Crippen LogP contribution in [0.2, 0.25) is 0 Å². The minimum absolute atomic E-state index is 0.0122. The van der Waals surface area contributed by atoms with Gasteiger partial charge in [-0.25, -0.2) is 0 Å². The molecular weight excluding hydrogens is 230 g/mol. The average molecular weight is 255 g/mol. The highest BCUT2D eigenvalue weighted by atomic mass is 16.2. The van der Waals surface area contributed by atoms with E-state index >= 15 is 0 Å². The van der Waals surface area contributed by atoms with Gasteiger partial charge >= 0.3 is 0 Å². The van der Waals surface area contributed by atoms with Crippen LogP contribution in [0, 0.1) is 0 Å². The van der Waals surface area contributed by atoms with Gasteiger partial charge in [-0.3, -0.25) is 9.59 Å². The monoisotopic (exact) mass is 255 g/mol. The molecule has 0 saturated heterocycles. The van der Waals surface area contributed by atoms with E-state index in [9.17, 15) is 9.59 Å². The maximum atomic E-state index is 11.7. The van der Waals surface area contributed by atoms with Crippen LogP contribution in [0.4, 0.5) is 0 Å². The first-order valence-electron chi connectivity index (χ1n) is 6.89. The Hall–Kier alpha value is -1.10. The van der Waals surface area contributed by atoms with Crippen LogP contribution in [0.25, 0.3) is 0 Å². The van der Waals surface area contributed by atoms with Crippen LogP contribution >= 0.6 is 0 Å². The SMILES string of the molecule is CC(CC(N)=O)NCC(=O)NC1CCCCCC1. The van der Waals surface area contributed by atoms with E-state index in [2.05, 4.69) is 10.6 Å². The van der Waals surface area contributed by atoms with Crippen molar-refractivity contribution in [1.29, 1.82) is 0 Å². The Balaban J connectivity index is 2.17. The fourth-order valence-corrected chi connectivity index (χ4v) is 2.34. The van der Waals surface area contributed by atoms with Crippen molar-refractivity contribution in [2.24, 2.45) is 5.73 Å². The molecule has 0 heterocycles. The number of nitrogens with two attached hydrogens (primary N) is 1. The van der Waals surface area contributed by atoms with Crippen LogP contribution in [0.5, 0.6) is 0 Å². The number of hydrogen-bond acceptors (Lipinski definition) is 3. The Bertz CT molecular complexity index is 273. The minimum Gasteiger partial charge on any atom is -0.370 e. The zero-order chi connectivity index (χ0) is 13.4. The van der Waals surface area contributed by atoms with E-state index in [4.69, 9.17) is 5.73 Å². The van der Waals surface area contributed by atoms with Crippen LogP contribution in [0.1, 0.15) is 51.9 Å². The number of carbonyl (C=O) groups excluding carboxylic acids is 2. The molecule has 1 aliphatic carbocycles. The lowest BCUT2D eigenvalue weighted by Crippen LogP contribution is -2.43. The molecule has 0 aromatic rings. The second-order valence-electron chi connectivity index (χ2n) is 5.21. The Labute approximate surface area is 109 Å². The van der Waals surface area contributed by atoms with E-state index in [1.165, 1.54) is 25.7 Å². The highest BCUT2D eigenvalue weighted by Gasteiger charge is 2.15. The van der Waals surface area contributed by atoms with E-state index in [0.717, 1.165) is 12.8 Å². The number of primary amides is 1. The largest absolute Gasteiger partial charge is 0.370 e. The highest BCUT2D eigenvalue weighted by molar-refractivity contribution is 5.78. The summed E-state index contributed by atoms with van der Waals surface area (Å²) in [6, 6.07) is 0.274. The van der Waals surface area contributed by atoms with Crippen molar-refractivity contribution in [3.63, 3.8) is 0 Å². The van der Waals surface area contributed by atoms with Gasteiger partial charge in [0.15, 0.2) is 0 Å². The van der Waals surface area contributed by atoms with Crippen LogP contribution in [0.15, 0.2) is 0 Å². The number of carbonyl (C=O) groups is 2. The molecule has 1 rings (SSSR count). The molecule has 104 valence electrons. The third-order valence-corrected chi connectivity index (χ3v) is 3.34. The quantitative estimate of drug-likeness (QED) is 0.610. The molecule has 5 nitrogen and oxygen atoms in total. The Kier molecular flexibility index (Phi) is 6.72. The molecule has 4 N–H and O–H groups in total. The zero-order valence-electron chi connectivity index (χ0n) is 11.2. The van der Waals surface area contributed by atoms with E-state index in [1.807, 2.05) is 6.92 Å². The van der Waals surface area contributed by atoms with Gasteiger partial charge in [0.2, 0.25) is 11.8 Å². The first kappa shape index (κ1) is 15.0. The standard InChI is InChI=1S/C13H25N3O2/c1-10(8-12(14)17)15-9-13(18)16-11-6-4-2-3-5-7-11/h10-11,15H,2-9H2,1H3,(H2,14,17)(H,16,18). The summed E-state index contributed by atoms with van der Waals surface area (Å²) in [6.45, 7) is 2.11. The molecule has 1 saturated carbocycles. The number of rotatable bonds is 6. The number of hydrogen-bond donors (Lipinski definition) is 3. The Morgan fingerprint density at radius 1 is 1.22 bits per heavy atom. The van der Waals surface area contributed by atoms with Crippen LogP contribution < -0.4 is 16.4 Å². The second-order valence-corrected chi connectivity index (χ2v) is 5.21. The van der Waals surface area contributed by atoms with Gasteiger partial charge in [-0.2, -0.15) is 0 Å². The lowest BCUT2D eigenvalue weighted by atomic mass is 10.1. The first-order chi connectivity index (χ1) is 8.58. The molecule has 18 heavy (non-hydrogen) atoms. The van der Waals surface area contributed by atoms with E-state index < -0.39 is 0 Å². The molecule has 1 aliphatic rings. The van der Waals surface area contributed by atoms with Crippen molar-refractivity contribution >= 4 is 11.8 Å². The van der Waals surface area contributed by atoms with Crippen LogP contribution in [-0.2, 0) is 9.59 Å². The van der Waals surface area contributed by atoms with Gasteiger partial charge in [0.25, 0.3) is 0 Å². The predicted octanol–water partition coefficient (Wildman–Crippen LogP) is 0.679. The summed E-state index contributed by atoms with van der Waals surface area (Å²) in [5, 5.41) is 6.06. The molecular formula is C13H25N3O2. The molecule has 0 aliphatic heterocycles. The van der Waals surface area contributed by atoms with E-state index in [0.29, 0.717) is 6.04 Å². The van der Waals surface area contributed by atoms with Crippen molar-refractivity contribution < 1.29 is 9.59 Å². The third-order valence-electron chi connectivity index (χ3n) is 3.34. The van der Waals surface area contributed by atoms with Gasteiger partial charge in [0.1, 0.15) is 0 Å². The van der Waals surface area contributed by atoms with Crippen molar-refractivity contribution in [3.05, 3.63) is 0 Å². The fraction of sp³-hybridized carbons (Fsp3) is 0.846. The van der Waals surface area contributed by atoms with Gasteiger partial charge in [-0.15, -0.1) is 0 Å². The van der Waals surface area contributed by atoms with Crippen LogP contribution in [-0.4, -0.2) is 30.4 Å². The summed E-state index contributed by atoms with van der Waals surface area (Å²) in [7, 11) is 0. The molecule has 5 heteroatoms. The van der Waals surface area contributed by atoms with Crippen molar-refractivity contribution in [1.82, 2.24) is 10.6 Å². The number of amides is 2. The third kappa shape index (κ3) is 6.59.